The molecule has 1 aromatic heterocycles. The maximum Gasteiger partial charge on any atom is 0.175 e. The minimum atomic E-state index is -3.26. The first-order valence-corrected chi connectivity index (χ1v) is 7.42. The van der Waals surface area contributed by atoms with E-state index in [1.807, 2.05) is 0 Å². The SMILES string of the molecule is Cn1ncnc1C(NN)c1cccc(S(C)(=O)=O)c1. The van der Waals surface area contributed by atoms with Gasteiger partial charge in [-0.05, 0) is 17.7 Å². The third kappa shape index (κ3) is 2.80. The Bertz CT molecular complexity index is 680. The Kier molecular flexibility index (Phi) is 3.65. The van der Waals surface area contributed by atoms with Gasteiger partial charge in [0.2, 0.25) is 0 Å². The highest BCUT2D eigenvalue weighted by Crippen LogP contribution is 2.21. The number of aromatic nitrogens is 3. The number of nitrogens with one attached hydrogen (secondary N) is 1. The fraction of sp³-hybridized carbons (Fsp3) is 0.273. The average molecular weight is 281 g/mol. The molecule has 19 heavy (non-hydrogen) atoms. The first-order valence-electron chi connectivity index (χ1n) is 5.53. The first-order chi connectivity index (χ1) is 8.93. The molecule has 1 atom stereocenters. The van der Waals surface area contributed by atoms with Crippen LogP contribution in [0.15, 0.2) is 35.5 Å². The monoisotopic (exact) mass is 281 g/mol. The number of sulfone groups is 1. The average Bonchev–Trinajstić information content (AvgIpc) is 2.76. The quantitative estimate of drug-likeness (QED) is 0.593. The largest absolute Gasteiger partial charge is 0.270 e. The molecule has 1 aromatic carbocycles. The molecule has 2 rings (SSSR count). The molecule has 102 valence electrons. The number of benzene rings is 1. The fourth-order valence-corrected chi connectivity index (χ4v) is 2.49. The van der Waals surface area contributed by atoms with E-state index in [0.717, 1.165) is 0 Å². The van der Waals surface area contributed by atoms with Crippen molar-refractivity contribution in [3.05, 3.63) is 42.0 Å². The van der Waals surface area contributed by atoms with Crippen molar-refractivity contribution in [2.45, 2.75) is 10.9 Å². The summed E-state index contributed by atoms with van der Waals surface area (Å²) in [6.45, 7) is 0. The van der Waals surface area contributed by atoms with Crippen LogP contribution >= 0.6 is 0 Å². The van der Waals surface area contributed by atoms with Crippen molar-refractivity contribution >= 4 is 9.84 Å². The molecule has 0 radical (unpaired) electrons. The van der Waals surface area contributed by atoms with E-state index in [2.05, 4.69) is 15.5 Å². The number of nitrogens with two attached hydrogens (primary N) is 1. The number of aryl methyl sites for hydroxylation is 1. The standard InChI is InChI=1S/C11H15N5O2S/c1-16-11(13-7-14-16)10(15-12)8-4-3-5-9(6-8)19(2,17)18/h3-7,10,15H,12H2,1-2H3. The summed E-state index contributed by atoms with van der Waals surface area (Å²) >= 11 is 0. The molecule has 0 aliphatic rings. The zero-order valence-corrected chi connectivity index (χ0v) is 11.4. The van der Waals surface area contributed by atoms with Crippen LogP contribution in [0.25, 0.3) is 0 Å². The number of nitrogens with zero attached hydrogens (tertiary/aromatic N) is 3. The zero-order chi connectivity index (χ0) is 14.0. The third-order valence-electron chi connectivity index (χ3n) is 2.79. The van der Waals surface area contributed by atoms with Crippen LogP contribution in [0.2, 0.25) is 0 Å². The highest BCUT2D eigenvalue weighted by Gasteiger charge is 2.19. The maximum atomic E-state index is 11.6. The van der Waals surface area contributed by atoms with Gasteiger partial charge in [0.1, 0.15) is 18.2 Å². The molecule has 0 spiro atoms. The van der Waals surface area contributed by atoms with Crippen molar-refractivity contribution in [1.29, 1.82) is 0 Å². The number of hydrogen-bond donors (Lipinski definition) is 2. The molecule has 0 bridgehead atoms. The highest BCUT2D eigenvalue weighted by molar-refractivity contribution is 7.90. The summed E-state index contributed by atoms with van der Waals surface area (Å²) in [4.78, 5) is 4.36. The van der Waals surface area contributed by atoms with Crippen molar-refractivity contribution < 1.29 is 8.42 Å². The van der Waals surface area contributed by atoms with E-state index in [4.69, 9.17) is 5.84 Å². The first kappa shape index (κ1) is 13.7. The van der Waals surface area contributed by atoms with Crippen LogP contribution in [0.1, 0.15) is 17.4 Å². The van der Waals surface area contributed by atoms with Crippen LogP contribution in [-0.4, -0.2) is 29.4 Å². The van der Waals surface area contributed by atoms with Gasteiger partial charge >= 0.3 is 0 Å². The molecule has 1 heterocycles. The Labute approximate surface area is 111 Å². The van der Waals surface area contributed by atoms with E-state index in [1.165, 1.54) is 12.6 Å². The van der Waals surface area contributed by atoms with E-state index in [1.54, 1.807) is 36.0 Å². The van der Waals surface area contributed by atoms with Crippen molar-refractivity contribution in [3.8, 4) is 0 Å². The Balaban J connectivity index is 2.48. The van der Waals surface area contributed by atoms with Crippen LogP contribution < -0.4 is 11.3 Å². The van der Waals surface area contributed by atoms with Gasteiger partial charge in [0, 0.05) is 13.3 Å². The Hall–Kier alpha value is -1.77. The lowest BCUT2D eigenvalue weighted by molar-refractivity contribution is 0.560. The van der Waals surface area contributed by atoms with Crippen molar-refractivity contribution in [2.24, 2.45) is 12.9 Å². The fourth-order valence-electron chi connectivity index (χ4n) is 1.81. The number of rotatable bonds is 4. The molecule has 7 nitrogen and oxygen atoms in total. The van der Waals surface area contributed by atoms with Gasteiger partial charge in [0.25, 0.3) is 0 Å². The lowest BCUT2D eigenvalue weighted by atomic mass is 10.1. The smallest absolute Gasteiger partial charge is 0.175 e. The van der Waals surface area contributed by atoms with Gasteiger partial charge in [-0.1, -0.05) is 12.1 Å². The van der Waals surface area contributed by atoms with Gasteiger partial charge < -0.3 is 0 Å². The summed E-state index contributed by atoms with van der Waals surface area (Å²) in [6, 6.07) is 6.16. The van der Waals surface area contributed by atoms with Crippen molar-refractivity contribution in [1.82, 2.24) is 20.2 Å². The van der Waals surface area contributed by atoms with Crippen LogP contribution in [0.4, 0.5) is 0 Å². The van der Waals surface area contributed by atoms with Crippen LogP contribution in [-0.2, 0) is 16.9 Å². The summed E-state index contributed by atoms with van der Waals surface area (Å²) in [6.07, 6.45) is 2.58. The topological polar surface area (TPSA) is 103 Å². The summed E-state index contributed by atoms with van der Waals surface area (Å²) in [7, 11) is -1.51. The highest BCUT2D eigenvalue weighted by atomic mass is 32.2. The van der Waals surface area contributed by atoms with Crippen LogP contribution in [0, 0.1) is 0 Å². The molecule has 2 aromatic rings. The van der Waals surface area contributed by atoms with Crippen LogP contribution in [0.3, 0.4) is 0 Å². The number of hydrogen-bond acceptors (Lipinski definition) is 6. The molecule has 0 aliphatic heterocycles. The number of hydrazine groups is 1. The van der Waals surface area contributed by atoms with E-state index in [0.29, 0.717) is 11.4 Å². The van der Waals surface area contributed by atoms with Gasteiger partial charge in [-0.3, -0.25) is 10.5 Å². The van der Waals surface area contributed by atoms with Gasteiger partial charge in [-0.2, -0.15) is 5.10 Å². The molecule has 3 N–H and O–H groups in total. The minimum Gasteiger partial charge on any atom is -0.270 e. The van der Waals surface area contributed by atoms with E-state index >= 15 is 0 Å². The Morgan fingerprint density at radius 1 is 1.42 bits per heavy atom. The second-order valence-corrected chi connectivity index (χ2v) is 6.20. The predicted molar refractivity (Wildman–Crippen MR) is 69.7 cm³/mol. The molecule has 0 saturated carbocycles. The van der Waals surface area contributed by atoms with E-state index < -0.39 is 15.9 Å². The lowest BCUT2D eigenvalue weighted by Crippen LogP contribution is -2.31. The minimum absolute atomic E-state index is 0.243. The molecule has 0 saturated heterocycles. The van der Waals surface area contributed by atoms with Gasteiger partial charge in [0.05, 0.1) is 4.90 Å². The normalized spacial score (nSPS) is 13.4. The lowest BCUT2D eigenvalue weighted by Gasteiger charge is -2.16. The van der Waals surface area contributed by atoms with Crippen molar-refractivity contribution in [3.63, 3.8) is 0 Å². The van der Waals surface area contributed by atoms with Gasteiger partial charge in [-0.25, -0.2) is 18.8 Å². The maximum absolute atomic E-state index is 11.6. The van der Waals surface area contributed by atoms with Gasteiger partial charge in [-0.15, -0.1) is 0 Å². The molecule has 8 heteroatoms. The van der Waals surface area contributed by atoms with Crippen molar-refractivity contribution in [2.75, 3.05) is 6.26 Å². The summed E-state index contributed by atoms with van der Waals surface area (Å²) in [5, 5.41) is 3.97. The molecular weight excluding hydrogens is 266 g/mol. The summed E-state index contributed by atoms with van der Waals surface area (Å²) in [5.74, 6) is 6.15. The predicted octanol–water partition coefficient (Wildman–Crippen LogP) is -0.229. The zero-order valence-electron chi connectivity index (χ0n) is 10.6. The van der Waals surface area contributed by atoms with Gasteiger partial charge in [0.15, 0.2) is 9.84 Å². The molecule has 0 aliphatic carbocycles. The third-order valence-corrected chi connectivity index (χ3v) is 3.90. The molecule has 0 amide bonds. The van der Waals surface area contributed by atoms with E-state index in [9.17, 15) is 8.42 Å². The Morgan fingerprint density at radius 3 is 2.68 bits per heavy atom. The van der Waals surface area contributed by atoms with E-state index in [-0.39, 0.29) is 4.90 Å². The second kappa shape index (κ2) is 5.08. The second-order valence-electron chi connectivity index (χ2n) is 4.19. The molecule has 0 fully saturated rings. The molecular formula is C11H15N5O2S. The molecule has 1 unspecified atom stereocenters. The summed E-state index contributed by atoms with van der Waals surface area (Å²) < 4.78 is 24.7. The Morgan fingerprint density at radius 2 is 2.16 bits per heavy atom. The van der Waals surface area contributed by atoms with Crippen LogP contribution in [0.5, 0.6) is 0 Å². The summed E-state index contributed by atoms with van der Waals surface area (Å²) in [5.41, 5.74) is 3.33.